The SMILES string of the molecule is CNc1ccccc1C(=O)Nc1ccc(C(=O)/C=C/c2cccc(Cl)c2)cc1. The first kappa shape index (κ1) is 19.4. The molecule has 0 aliphatic heterocycles. The number of halogens is 1. The van der Waals surface area contributed by atoms with Gasteiger partial charge >= 0.3 is 0 Å². The van der Waals surface area contributed by atoms with E-state index in [0.29, 0.717) is 21.8 Å². The second-order valence-corrected chi connectivity index (χ2v) is 6.52. The number of anilines is 2. The van der Waals surface area contributed by atoms with Crippen molar-refractivity contribution in [2.45, 2.75) is 0 Å². The Balaban J connectivity index is 1.67. The van der Waals surface area contributed by atoms with Crippen molar-refractivity contribution >= 4 is 40.7 Å². The third kappa shape index (κ3) is 4.87. The zero-order valence-electron chi connectivity index (χ0n) is 15.3. The zero-order valence-corrected chi connectivity index (χ0v) is 16.0. The van der Waals surface area contributed by atoms with Gasteiger partial charge in [-0.3, -0.25) is 9.59 Å². The number of nitrogens with one attached hydrogen (secondary N) is 2. The lowest BCUT2D eigenvalue weighted by Crippen LogP contribution is -2.14. The van der Waals surface area contributed by atoms with Gasteiger partial charge in [0, 0.05) is 29.0 Å². The molecule has 28 heavy (non-hydrogen) atoms. The number of para-hydroxylation sites is 1. The molecule has 3 aromatic rings. The molecular formula is C23H19ClN2O2. The smallest absolute Gasteiger partial charge is 0.257 e. The van der Waals surface area contributed by atoms with Crippen LogP contribution in [0.15, 0.2) is 78.9 Å². The molecule has 0 heterocycles. The van der Waals surface area contributed by atoms with Crippen molar-refractivity contribution in [1.29, 1.82) is 0 Å². The molecule has 0 atom stereocenters. The summed E-state index contributed by atoms with van der Waals surface area (Å²) in [5.41, 5.74) is 3.30. The van der Waals surface area contributed by atoms with Gasteiger partial charge in [-0.2, -0.15) is 0 Å². The Morgan fingerprint density at radius 2 is 1.68 bits per heavy atom. The number of ketones is 1. The van der Waals surface area contributed by atoms with E-state index >= 15 is 0 Å². The van der Waals surface area contributed by atoms with E-state index in [1.165, 1.54) is 6.08 Å². The standard InChI is InChI=1S/C23H19ClN2O2/c1-25-21-8-3-2-7-20(21)23(28)26-19-12-10-17(11-13-19)22(27)14-9-16-5-4-6-18(24)15-16/h2-15,25H,1H3,(H,26,28)/b14-9+. The molecule has 3 rings (SSSR count). The summed E-state index contributed by atoms with van der Waals surface area (Å²) in [6.07, 6.45) is 3.22. The highest BCUT2D eigenvalue weighted by Gasteiger charge is 2.10. The Morgan fingerprint density at radius 1 is 0.929 bits per heavy atom. The number of amides is 1. The first-order chi connectivity index (χ1) is 13.6. The minimum absolute atomic E-state index is 0.126. The molecule has 4 nitrogen and oxygen atoms in total. The summed E-state index contributed by atoms with van der Waals surface area (Å²) in [6.45, 7) is 0. The summed E-state index contributed by atoms with van der Waals surface area (Å²) in [5, 5.41) is 6.46. The number of carbonyl (C=O) groups is 2. The number of allylic oxidation sites excluding steroid dienone is 1. The molecular weight excluding hydrogens is 372 g/mol. The minimum atomic E-state index is -0.218. The van der Waals surface area contributed by atoms with Gasteiger partial charge in [-0.25, -0.2) is 0 Å². The third-order valence-corrected chi connectivity index (χ3v) is 4.38. The molecule has 0 aromatic heterocycles. The molecule has 0 saturated carbocycles. The average Bonchev–Trinajstić information content (AvgIpc) is 2.72. The maximum atomic E-state index is 12.5. The van der Waals surface area contributed by atoms with Crippen LogP contribution in [0.5, 0.6) is 0 Å². The van der Waals surface area contributed by atoms with Gasteiger partial charge in [-0.05, 0) is 60.2 Å². The molecule has 0 radical (unpaired) electrons. The van der Waals surface area contributed by atoms with Crippen molar-refractivity contribution in [3.05, 3.63) is 101 Å². The Hall–Kier alpha value is -3.37. The fourth-order valence-electron chi connectivity index (χ4n) is 2.69. The molecule has 0 aliphatic rings. The van der Waals surface area contributed by atoms with Crippen LogP contribution in [-0.4, -0.2) is 18.7 Å². The number of rotatable bonds is 6. The largest absolute Gasteiger partial charge is 0.387 e. The first-order valence-corrected chi connectivity index (χ1v) is 9.11. The van der Waals surface area contributed by atoms with Crippen LogP contribution in [0.1, 0.15) is 26.3 Å². The van der Waals surface area contributed by atoms with Crippen LogP contribution >= 0.6 is 11.6 Å². The van der Waals surface area contributed by atoms with Crippen LogP contribution in [0.3, 0.4) is 0 Å². The Labute approximate surface area is 168 Å². The molecule has 0 aliphatic carbocycles. The van der Waals surface area contributed by atoms with Gasteiger partial charge in [0.2, 0.25) is 0 Å². The summed E-state index contributed by atoms with van der Waals surface area (Å²) < 4.78 is 0. The molecule has 0 unspecified atom stereocenters. The molecule has 0 bridgehead atoms. The van der Waals surface area contributed by atoms with E-state index in [0.717, 1.165) is 11.3 Å². The highest BCUT2D eigenvalue weighted by molar-refractivity contribution is 6.30. The van der Waals surface area contributed by atoms with Crippen LogP contribution < -0.4 is 10.6 Å². The minimum Gasteiger partial charge on any atom is -0.387 e. The second-order valence-electron chi connectivity index (χ2n) is 6.08. The highest BCUT2D eigenvalue weighted by Crippen LogP contribution is 2.18. The van der Waals surface area contributed by atoms with Crippen molar-refractivity contribution in [2.24, 2.45) is 0 Å². The fraction of sp³-hybridized carbons (Fsp3) is 0.0435. The van der Waals surface area contributed by atoms with Crippen LogP contribution in [0.4, 0.5) is 11.4 Å². The van der Waals surface area contributed by atoms with Gasteiger partial charge in [-0.15, -0.1) is 0 Å². The van der Waals surface area contributed by atoms with Crippen molar-refractivity contribution < 1.29 is 9.59 Å². The molecule has 2 N–H and O–H groups in total. The molecule has 0 fully saturated rings. The summed E-state index contributed by atoms with van der Waals surface area (Å²) in [7, 11) is 1.77. The third-order valence-electron chi connectivity index (χ3n) is 4.14. The maximum absolute atomic E-state index is 12.5. The van der Waals surface area contributed by atoms with Gasteiger partial charge in [0.25, 0.3) is 5.91 Å². The molecule has 3 aromatic carbocycles. The molecule has 0 spiro atoms. The van der Waals surface area contributed by atoms with Crippen molar-refractivity contribution in [2.75, 3.05) is 17.7 Å². The lowest BCUT2D eigenvalue weighted by atomic mass is 10.1. The van der Waals surface area contributed by atoms with Crippen molar-refractivity contribution in [1.82, 2.24) is 0 Å². The second kappa shape index (κ2) is 9.02. The van der Waals surface area contributed by atoms with Gasteiger partial charge in [0.1, 0.15) is 0 Å². The zero-order chi connectivity index (χ0) is 19.9. The molecule has 0 saturated heterocycles. The van der Waals surface area contributed by atoms with E-state index in [2.05, 4.69) is 10.6 Å². The average molecular weight is 391 g/mol. The van der Waals surface area contributed by atoms with E-state index in [1.807, 2.05) is 30.3 Å². The number of benzene rings is 3. The quantitative estimate of drug-likeness (QED) is 0.429. The molecule has 5 heteroatoms. The van der Waals surface area contributed by atoms with Crippen molar-refractivity contribution in [3.8, 4) is 0 Å². The van der Waals surface area contributed by atoms with Crippen LogP contribution in [0, 0.1) is 0 Å². The Bertz CT molecular complexity index is 1030. The van der Waals surface area contributed by atoms with E-state index in [-0.39, 0.29) is 11.7 Å². The van der Waals surface area contributed by atoms with Gasteiger partial charge < -0.3 is 10.6 Å². The van der Waals surface area contributed by atoms with Crippen LogP contribution in [0.25, 0.3) is 6.08 Å². The fourth-order valence-corrected chi connectivity index (χ4v) is 2.89. The van der Waals surface area contributed by atoms with E-state index in [4.69, 9.17) is 11.6 Å². The van der Waals surface area contributed by atoms with Gasteiger partial charge in [-0.1, -0.05) is 41.9 Å². The van der Waals surface area contributed by atoms with E-state index in [1.54, 1.807) is 55.6 Å². The number of hydrogen-bond acceptors (Lipinski definition) is 3. The van der Waals surface area contributed by atoms with Crippen LogP contribution in [0.2, 0.25) is 5.02 Å². The Kier molecular flexibility index (Phi) is 6.25. The van der Waals surface area contributed by atoms with E-state index < -0.39 is 0 Å². The predicted molar refractivity (Wildman–Crippen MR) is 115 cm³/mol. The summed E-state index contributed by atoms with van der Waals surface area (Å²) in [4.78, 5) is 24.8. The summed E-state index contributed by atoms with van der Waals surface area (Å²) in [6, 6.07) is 21.3. The Morgan fingerprint density at radius 3 is 2.39 bits per heavy atom. The van der Waals surface area contributed by atoms with Gasteiger partial charge in [0.05, 0.1) is 5.56 Å². The van der Waals surface area contributed by atoms with Gasteiger partial charge in [0.15, 0.2) is 5.78 Å². The molecule has 140 valence electrons. The number of carbonyl (C=O) groups excluding carboxylic acids is 2. The normalized spacial score (nSPS) is 10.6. The van der Waals surface area contributed by atoms with Crippen LogP contribution in [-0.2, 0) is 0 Å². The highest BCUT2D eigenvalue weighted by atomic mass is 35.5. The molecule has 1 amide bonds. The van der Waals surface area contributed by atoms with Crippen molar-refractivity contribution in [3.63, 3.8) is 0 Å². The van der Waals surface area contributed by atoms with E-state index in [9.17, 15) is 9.59 Å². The topological polar surface area (TPSA) is 58.2 Å². The predicted octanol–water partition coefficient (Wildman–Crippen LogP) is 5.53. The monoisotopic (exact) mass is 390 g/mol. The lowest BCUT2D eigenvalue weighted by molar-refractivity contribution is 0.102. The summed E-state index contributed by atoms with van der Waals surface area (Å²) >= 11 is 5.94. The first-order valence-electron chi connectivity index (χ1n) is 8.73. The summed E-state index contributed by atoms with van der Waals surface area (Å²) in [5.74, 6) is -0.344. The lowest BCUT2D eigenvalue weighted by Gasteiger charge is -2.10. The number of hydrogen-bond donors (Lipinski definition) is 2. The maximum Gasteiger partial charge on any atom is 0.257 e.